The van der Waals surface area contributed by atoms with E-state index in [9.17, 15) is 13.2 Å². The van der Waals surface area contributed by atoms with Gasteiger partial charge >= 0.3 is 6.11 Å². The third-order valence-electron chi connectivity index (χ3n) is 7.95. The van der Waals surface area contributed by atoms with Crippen molar-refractivity contribution in [1.29, 1.82) is 0 Å². The standard InChI is InChI=1S/C33H37F5O/c1-2-3-4-5-6-7-10-23-13-15-24(16-14-23)25-17-19-27(20-18-25)33(37,38)39-31-12-9-8-11-28(31)26-21-29(34)32(36)30(35)22-26/h8-9,11-12,17-24H,2-7,10,13-16H2,1H3/t23-,24-. The van der Waals surface area contributed by atoms with E-state index in [4.69, 9.17) is 4.74 Å². The van der Waals surface area contributed by atoms with Gasteiger partial charge in [0.2, 0.25) is 0 Å². The van der Waals surface area contributed by atoms with E-state index in [1.165, 1.54) is 94.2 Å². The van der Waals surface area contributed by atoms with Crippen LogP contribution in [0.3, 0.4) is 0 Å². The molecule has 1 nitrogen and oxygen atoms in total. The molecule has 0 aliphatic heterocycles. The number of hydrogen-bond donors (Lipinski definition) is 0. The summed E-state index contributed by atoms with van der Waals surface area (Å²) in [5, 5.41) is 0. The lowest BCUT2D eigenvalue weighted by Crippen LogP contribution is -2.22. The summed E-state index contributed by atoms with van der Waals surface area (Å²) in [4.78, 5) is 0. The zero-order chi connectivity index (χ0) is 27.8. The van der Waals surface area contributed by atoms with Crippen LogP contribution in [-0.4, -0.2) is 0 Å². The van der Waals surface area contributed by atoms with E-state index >= 15 is 8.78 Å². The molecule has 3 aromatic rings. The summed E-state index contributed by atoms with van der Waals surface area (Å²) < 4.78 is 76.4. The van der Waals surface area contributed by atoms with Crippen LogP contribution in [0.1, 0.15) is 94.6 Å². The molecule has 1 saturated carbocycles. The summed E-state index contributed by atoms with van der Waals surface area (Å²) in [6.07, 6.45) is 10.0. The van der Waals surface area contributed by atoms with Crippen LogP contribution in [0, 0.1) is 23.4 Å². The van der Waals surface area contributed by atoms with Gasteiger partial charge in [0.1, 0.15) is 5.75 Å². The van der Waals surface area contributed by atoms with Crippen molar-refractivity contribution in [1.82, 2.24) is 0 Å². The van der Waals surface area contributed by atoms with Crippen molar-refractivity contribution in [3.63, 3.8) is 0 Å². The summed E-state index contributed by atoms with van der Waals surface area (Å²) >= 11 is 0. The zero-order valence-corrected chi connectivity index (χ0v) is 22.5. The van der Waals surface area contributed by atoms with Crippen molar-refractivity contribution in [3.05, 3.63) is 89.2 Å². The van der Waals surface area contributed by atoms with Crippen molar-refractivity contribution in [3.8, 4) is 16.9 Å². The molecule has 39 heavy (non-hydrogen) atoms. The molecule has 0 unspecified atom stereocenters. The van der Waals surface area contributed by atoms with E-state index in [1.807, 2.05) is 0 Å². The Morgan fingerprint density at radius 2 is 1.38 bits per heavy atom. The number of ether oxygens (including phenoxy) is 1. The van der Waals surface area contributed by atoms with Crippen molar-refractivity contribution in [2.75, 3.05) is 0 Å². The summed E-state index contributed by atoms with van der Waals surface area (Å²) in [5.41, 5.74) is 0.684. The van der Waals surface area contributed by atoms with Gasteiger partial charge in [-0.25, -0.2) is 13.2 Å². The second-order valence-corrected chi connectivity index (χ2v) is 10.8. The molecule has 1 aliphatic rings. The highest BCUT2D eigenvalue weighted by Gasteiger charge is 2.35. The number of para-hydroxylation sites is 1. The summed E-state index contributed by atoms with van der Waals surface area (Å²) in [5.74, 6) is -3.54. The average Bonchev–Trinajstić information content (AvgIpc) is 2.94. The quantitative estimate of drug-likeness (QED) is 0.125. The largest absolute Gasteiger partial charge is 0.428 e. The zero-order valence-electron chi connectivity index (χ0n) is 22.5. The molecule has 0 radical (unpaired) electrons. The number of benzene rings is 3. The van der Waals surface area contributed by atoms with Gasteiger partial charge in [-0.15, -0.1) is 0 Å². The van der Waals surface area contributed by atoms with Crippen molar-refractivity contribution in [2.45, 2.75) is 89.6 Å². The normalized spacial score (nSPS) is 17.8. The van der Waals surface area contributed by atoms with Crippen LogP contribution in [-0.2, 0) is 6.11 Å². The predicted molar refractivity (Wildman–Crippen MR) is 145 cm³/mol. The summed E-state index contributed by atoms with van der Waals surface area (Å²) in [6, 6.07) is 13.5. The third kappa shape index (κ3) is 7.61. The number of hydrogen-bond acceptors (Lipinski definition) is 1. The molecule has 0 atom stereocenters. The molecular formula is C33H37F5O. The Labute approximate surface area is 228 Å². The highest BCUT2D eigenvalue weighted by molar-refractivity contribution is 5.70. The highest BCUT2D eigenvalue weighted by atomic mass is 19.3. The SMILES string of the molecule is CCCCCCCC[C@H]1CC[C@H](c2ccc(C(F)(F)Oc3ccccc3-c3cc(F)c(F)c(F)c3)cc2)CC1. The van der Waals surface area contributed by atoms with E-state index in [0.29, 0.717) is 5.92 Å². The Bertz CT molecular complexity index is 1180. The minimum Gasteiger partial charge on any atom is -0.428 e. The number of rotatable bonds is 12. The summed E-state index contributed by atoms with van der Waals surface area (Å²) in [7, 11) is 0. The molecule has 0 bridgehead atoms. The van der Waals surface area contributed by atoms with E-state index in [-0.39, 0.29) is 22.4 Å². The van der Waals surface area contributed by atoms with Gasteiger partial charge in [-0.2, -0.15) is 8.78 Å². The van der Waals surface area contributed by atoms with E-state index in [1.54, 1.807) is 12.1 Å². The molecule has 1 aliphatic carbocycles. The molecule has 0 spiro atoms. The molecule has 0 saturated heterocycles. The Morgan fingerprint density at radius 3 is 2.05 bits per heavy atom. The van der Waals surface area contributed by atoms with E-state index in [2.05, 4.69) is 6.92 Å². The number of unbranched alkanes of at least 4 members (excludes halogenated alkanes) is 5. The molecule has 6 heteroatoms. The van der Waals surface area contributed by atoms with Crippen molar-refractivity contribution < 1.29 is 26.7 Å². The fourth-order valence-electron chi connectivity index (χ4n) is 5.65. The Morgan fingerprint density at radius 1 is 0.769 bits per heavy atom. The lowest BCUT2D eigenvalue weighted by atomic mass is 9.77. The lowest BCUT2D eigenvalue weighted by Gasteiger charge is -2.29. The molecule has 0 heterocycles. The predicted octanol–water partition coefficient (Wildman–Crippen LogP) is 10.9. The third-order valence-corrected chi connectivity index (χ3v) is 7.95. The average molecular weight is 545 g/mol. The van der Waals surface area contributed by atoms with Gasteiger partial charge in [0.05, 0.1) is 5.56 Å². The molecule has 0 N–H and O–H groups in total. The highest BCUT2D eigenvalue weighted by Crippen LogP contribution is 2.41. The topological polar surface area (TPSA) is 9.23 Å². The van der Waals surface area contributed by atoms with Crippen LogP contribution in [0.25, 0.3) is 11.1 Å². The van der Waals surface area contributed by atoms with Crippen LogP contribution < -0.4 is 4.74 Å². The first-order chi connectivity index (χ1) is 18.8. The first-order valence-electron chi connectivity index (χ1n) is 14.2. The van der Waals surface area contributed by atoms with Crippen LogP contribution >= 0.6 is 0 Å². The van der Waals surface area contributed by atoms with Crippen LogP contribution in [0.5, 0.6) is 5.75 Å². The minimum absolute atomic E-state index is 0.0318. The van der Waals surface area contributed by atoms with Crippen LogP contribution in [0.15, 0.2) is 60.7 Å². The van der Waals surface area contributed by atoms with Gasteiger partial charge < -0.3 is 4.74 Å². The lowest BCUT2D eigenvalue weighted by molar-refractivity contribution is -0.185. The van der Waals surface area contributed by atoms with E-state index in [0.717, 1.165) is 36.5 Å². The molecule has 210 valence electrons. The summed E-state index contributed by atoms with van der Waals surface area (Å²) in [6.45, 7) is 2.23. The maximum absolute atomic E-state index is 15.2. The van der Waals surface area contributed by atoms with Gasteiger partial charge in [-0.3, -0.25) is 0 Å². The molecule has 4 rings (SSSR count). The molecule has 1 fully saturated rings. The van der Waals surface area contributed by atoms with Crippen molar-refractivity contribution in [2.24, 2.45) is 5.92 Å². The first-order valence-corrected chi connectivity index (χ1v) is 14.2. The van der Waals surface area contributed by atoms with Crippen LogP contribution in [0.2, 0.25) is 0 Å². The first kappa shape index (κ1) is 29.1. The van der Waals surface area contributed by atoms with Gasteiger partial charge in [0, 0.05) is 5.56 Å². The second-order valence-electron chi connectivity index (χ2n) is 10.8. The Balaban J connectivity index is 1.36. The van der Waals surface area contributed by atoms with Gasteiger partial charge in [0.25, 0.3) is 0 Å². The Kier molecular flexibility index (Phi) is 10.0. The molecular weight excluding hydrogens is 507 g/mol. The van der Waals surface area contributed by atoms with Crippen molar-refractivity contribution >= 4 is 0 Å². The second kappa shape index (κ2) is 13.5. The van der Waals surface area contributed by atoms with Gasteiger partial charge in [0.15, 0.2) is 17.5 Å². The monoisotopic (exact) mass is 544 g/mol. The number of alkyl halides is 2. The van der Waals surface area contributed by atoms with Gasteiger partial charge in [-0.1, -0.05) is 82.2 Å². The van der Waals surface area contributed by atoms with Crippen LogP contribution in [0.4, 0.5) is 22.0 Å². The van der Waals surface area contributed by atoms with Gasteiger partial charge in [-0.05, 0) is 79.0 Å². The smallest absolute Gasteiger partial charge is 0.426 e. The minimum atomic E-state index is -3.68. The fourth-order valence-corrected chi connectivity index (χ4v) is 5.65. The number of halogens is 5. The fraction of sp³-hybridized carbons (Fsp3) is 0.455. The molecule has 3 aromatic carbocycles. The maximum Gasteiger partial charge on any atom is 0.426 e. The van der Waals surface area contributed by atoms with E-state index < -0.39 is 23.6 Å². The molecule has 0 aromatic heterocycles. The maximum atomic E-state index is 15.2. The Hall–Kier alpha value is -2.89. The molecule has 0 amide bonds.